The van der Waals surface area contributed by atoms with Gasteiger partial charge in [0, 0.05) is 6.20 Å². The summed E-state index contributed by atoms with van der Waals surface area (Å²) in [6.07, 6.45) is 2.27. The summed E-state index contributed by atoms with van der Waals surface area (Å²) in [4.78, 5) is 22.8. The smallest absolute Gasteiger partial charge is 0.426 e. The van der Waals surface area contributed by atoms with Crippen LogP contribution in [0.25, 0.3) is 5.69 Å². The zero-order chi connectivity index (χ0) is 14.4. The second kappa shape index (κ2) is 6.37. The van der Waals surface area contributed by atoms with Crippen molar-refractivity contribution in [2.24, 2.45) is 0 Å². The highest BCUT2D eigenvalue weighted by molar-refractivity contribution is 5.94. The lowest BCUT2D eigenvalue weighted by Gasteiger charge is -2.05. The van der Waals surface area contributed by atoms with Gasteiger partial charge in [-0.1, -0.05) is 18.2 Å². The molecule has 1 aromatic heterocycles. The first kappa shape index (κ1) is 13.6. The molecule has 7 nitrogen and oxygen atoms in total. The number of benzene rings is 1. The van der Waals surface area contributed by atoms with E-state index >= 15 is 0 Å². The highest BCUT2D eigenvalue weighted by atomic mass is 16.5. The van der Waals surface area contributed by atoms with Gasteiger partial charge in [0.15, 0.2) is 0 Å². The molecular weight excluding hydrogens is 260 g/mol. The molecule has 0 aliphatic carbocycles. The zero-order valence-corrected chi connectivity index (χ0v) is 10.9. The maximum absolute atomic E-state index is 11.8. The van der Waals surface area contributed by atoms with Crippen LogP contribution < -0.4 is 10.9 Å². The fourth-order valence-electron chi connectivity index (χ4n) is 1.51. The van der Waals surface area contributed by atoms with E-state index in [0.29, 0.717) is 5.56 Å². The molecule has 0 spiro atoms. The Hall–Kier alpha value is -2.83. The van der Waals surface area contributed by atoms with Gasteiger partial charge >= 0.3 is 6.09 Å². The largest absolute Gasteiger partial charge is 0.449 e. The Morgan fingerprint density at radius 3 is 2.70 bits per heavy atom. The standard InChI is InChI=1S/C13H14N4O3/c1-2-20-13(19)16-15-12(18)10-8-14-17(9-10)11-6-4-3-5-7-11/h3-9H,2H2,1H3,(H,15,18)(H,16,19). The van der Waals surface area contributed by atoms with Crippen molar-refractivity contribution in [3.05, 3.63) is 48.3 Å². The predicted octanol–water partition coefficient (Wildman–Crippen LogP) is 1.26. The zero-order valence-electron chi connectivity index (χ0n) is 10.9. The van der Waals surface area contributed by atoms with Crippen molar-refractivity contribution in [1.82, 2.24) is 20.6 Å². The summed E-state index contributed by atoms with van der Waals surface area (Å²) < 4.78 is 6.19. The molecule has 7 heteroatoms. The van der Waals surface area contributed by atoms with Crippen LogP contribution >= 0.6 is 0 Å². The van der Waals surface area contributed by atoms with Crippen LogP contribution in [0.1, 0.15) is 17.3 Å². The molecule has 2 N–H and O–H groups in total. The molecule has 20 heavy (non-hydrogen) atoms. The SMILES string of the molecule is CCOC(=O)NNC(=O)c1cnn(-c2ccccc2)c1. The molecule has 0 unspecified atom stereocenters. The number of ether oxygens (including phenoxy) is 1. The van der Waals surface area contributed by atoms with E-state index < -0.39 is 12.0 Å². The minimum atomic E-state index is -0.712. The average Bonchev–Trinajstić information content (AvgIpc) is 2.96. The van der Waals surface area contributed by atoms with E-state index in [1.54, 1.807) is 17.8 Å². The molecule has 2 amide bonds. The minimum absolute atomic E-state index is 0.230. The first-order chi connectivity index (χ1) is 9.70. The Morgan fingerprint density at radius 1 is 1.25 bits per heavy atom. The fraction of sp³-hybridized carbons (Fsp3) is 0.154. The quantitative estimate of drug-likeness (QED) is 0.825. The van der Waals surface area contributed by atoms with Gasteiger partial charge in [-0.3, -0.25) is 10.2 Å². The molecule has 2 aromatic rings. The van der Waals surface area contributed by atoms with Gasteiger partial charge in [-0.15, -0.1) is 0 Å². The molecule has 2 rings (SSSR count). The van der Waals surface area contributed by atoms with Gasteiger partial charge in [-0.05, 0) is 19.1 Å². The molecule has 0 radical (unpaired) electrons. The highest BCUT2D eigenvalue weighted by Gasteiger charge is 2.10. The second-order valence-electron chi connectivity index (χ2n) is 3.81. The third-order valence-corrected chi connectivity index (χ3v) is 2.42. The number of hydrogen-bond donors (Lipinski definition) is 2. The molecule has 0 saturated heterocycles. The molecule has 104 valence electrons. The van der Waals surface area contributed by atoms with E-state index in [9.17, 15) is 9.59 Å². The van der Waals surface area contributed by atoms with E-state index in [1.807, 2.05) is 30.3 Å². The number of para-hydroxylation sites is 1. The predicted molar refractivity (Wildman–Crippen MR) is 71.2 cm³/mol. The van der Waals surface area contributed by atoms with Crippen molar-refractivity contribution >= 4 is 12.0 Å². The topological polar surface area (TPSA) is 85.2 Å². The van der Waals surface area contributed by atoms with Gasteiger partial charge in [0.25, 0.3) is 5.91 Å². The van der Waals surface area contributed by atoms with Crippen molar-refractivity contribution < 1.29 is 14.3 Å². The second-order valence-corrected chi connectivity index (χ2v) is 3.81. The van der Waals surface area contributed by atoms with E-state index in [1.165, 1.54) is 6.20 Å². The van der Waals surface area contributed by atoms with Gasteiger partial charge in [0.1, 0.15) is 0 Å². The maximum Gasteiger partial charge on any atom is 0.426 e. The van der Waals surface area contributed by atoms with Crippen molar-refractivity contribution in [3.8, 4) is 5.69 Å². The number of hydrogen-bond acceptors (Lipinski definition) is 4. The Kier molecular flexibility index (Phi) is 4.33. The Balaban J connectivity index is 1.98. The number of hydrazine groups is 1. The number of rotatable bonds is 3. The lowest BCUT2D eigenvalue weighted by atomic mass is 10.3. The van der Waals surface area contributed by atoms with Crippen molar-refractivity contribution in [1.29, 1.82) is 0 Å². The minimum Gasteiger partial charge on any atom is -0.449 e. The molecule has 0 saturated carbocycles. The number of nitrogens with one attached hydrogen (secondary N) is 2. The van der Waals surface area contributed by atoms with Crippen molar-refractivity contribution in [2.75, 3.05) is 6.61 Å². The Labute approximate surface area is 115 Å². The molecular formula is C13H14N4O3. The monoisotopic (exact) mass is 274 g/mol. The Bertz CT molecular complexity index is 595. The first-order valence-corrected chi connectivity index (χ1v) is 6.04. The molecule has 1 aromatic carbocycles. The van der Waals surface area contributed by atoms with E-state index in [-0.39, 0.29) is 6.61 Å². The lowest BCUT2D eigenvalue weighted by molar-refractivity contribution is 0.0912. The average molecular weight is 274 g/mol. The van der Waals surface area contributed by atoms with Gasteiger partial charge in [-0.25, -0.2) is 14.9 Å². The van der Waals surface area contributed by atoms with Gasteiger partial charge < -0.3 is 4.74 Å². The summed E-state index contributed by atoms with van der Waals surface area (Å²) in [6, 6.07) is 9.37. The summed E-state index contributed by atoms with van der Waals surface area (Å²) in [5.74, 6) is -0.472. The third-order valence-electron chi connectivity index (χ3n) is 2.42. The number of carbonyl (C=O) groups excluding carboxylic acids is 2. The van der Waals surface area contributed by atoms with E-state index in [2.05, 4.69) is 20.7 Å². The highest BCUT2D eigenvalue weighted by Crippen LogP contribution is 2.07. The van der Waals surface area contributed by atoms with Crippen LogP contribution in [0.15, 0.2) is 42.7 Å². The molecule has 0 bridgehead atoms. The summed E-state index contributed by atoms with van der Waals surface area (Å²) in [5, 5.41) is 4.08. The van der Waals surface area contributed by atoms with Crippen LogP contribution in [0.2, 0.25) is 0 Å². The van der Waals surface area contributed by atoms with Gasteiger partial charge in [-0.2, -0.15) is 5.10 Å². The first-order valence-electron chi connectivity index (χ1n) is 6.04. The summed E-state index contributed by atoms with van der Waals surface area (Å²) in [7, 11) is 0. The molecule has 0 atom stereocenters. The fourth-order valence-corrected chi connectivity index (χ4v) is 1.51. The van der Waals surface area contributed by atoms with E-state index in [0.717, 1.165) is 5.69 Å². The number of carbonyl (C=O) groups is 2. The maximum atomic E-state index is 11.8. The number of aromatic nitrogens is 2. The Morgan fingerprint density at radius 2 is 2.00 bits per heavy atom. The molecule has 0 aliphatic heterocycles. The van der Waals surface area contributed by atoms with Crippen LogP contribution in [0, 0.1) is 0 Å². The van der Waals surface area contributed by atoms with Crippen LogP contribution in [0.4, 0.5) is 4.79 Å². The van der Waals surface area contributed by atoms with Gasteiger partial charge in [0.05, 0.1) is 24.1 Å². The summed E-state index contributed by atoms with van der Waals surface area (Å²) in [5.41, 5.74) is 5.53. The van der Waals surface area contributed by atoms with Crippen LogP contribution in [0.5, 0.6) is 0 Å². The number of amides is 2. The van der Waals surface area contributed by atoms with Crippen molar-refractivity contribution in [2.45, 2.75) is 6.92 Å². The van der Waals surface area contributed by atoms with Crippen LogP contribution in [-0.4, -0.2) is 28.4 Å². The molecule has 1 heterocycles. The van der Waals surface area contributed by atoms with Crippen LogP contribution in [-0.2, 0) is 4.74 Å². The molecule has 0 fully saturated rings. The number of nitrogens with zero attached hydrogens (tertiary/aromatic N) is 2. The summed E-state index contributed by atoms with van der Waals surface area (Å²) in [6.45, 7) is 1.90. The van der Waals surface area contributed by atoms with Gasteiger partial charge in [0.2, 0.25) is 0 Å². The van der Waals surface area contributed by atoms with E-state index in [4.69, 9.17) is 0 Å². The normalized spacial score (nSPS) is 9.85. The summed E-state index contributed by atoms with van der Waals surface area (Å²) >= 11 is 0. The van der Waals surface area contributed by atoms with Crippen LogP contribution in [0.3, 0.4) is 0 Å². The third kappa shape index (κ3) is 3.35. The molecule has 0 aliphatic rings. The lowest BCUT2D eigenvalue weighted by Crippen LogP contribution is -2.41. The van der Waals surface area contributed by atoms with Crippen molar-refractivity contribution in [3.63, 3.8) is 0 Å².